The topological polar surface area (TPSA) is 9.23 Å². The van der Waals surface area contributed by atoms with Crippen molar-refractivity contribution in [3.05, 3.63) is 78.4 Å². The zero-order valence-electron chi connectivity index (χ0n) is 15.6. The van der Waals surface area contributed by atoms with Gasteiger partial charge in [0.1, 0.15) is 12.4 Å². The molecule has 0 aliphatic rings. The van der Waals surface area contributed by atoms with Crippen molar-refractivity contribution in [3.8, 4) is 16.9 Å². The smallest absolute Gasteiger partial charge is 0.167 e. The first kappa shape index (κ1) is 19.1. The molecule has 3 heteroatoms. The molecule has 0 saturated carbocycles. The lowest BCUT2D eigenvalue weighted by Crippen LogP contribution is -1.96. The van der Waals surface area contributed by atoms with Gasteiger partial charge in [0.15, 0.2) is 11.6 Å². The van der Waals surface area contributed by atoms with Gasteiger partial charge in [0.2, 0.25) is 0 Å². The van der Waals surface area contributed by atoms with Crippen molar-refractivity contribution in [2.75, 3.05) is 6.61 Å². The molecule has 0 saturated heterocycles. The molecule has 140 valence electrons. The molecule has 0 spiro atoms. The molecular weight excluding hydrogens is 342 g/mol. The summed E-state index contributed by atoms with van der Waals surface area (Å²) in [5.74, 6) is -1.19. The molecular formula is C24H24F2O. The van der Waals surface area contributed by atoms with E-state index in [2.05, 4.69) is 13.5 Å². The van der Waals surface area contributed by atoms with E-state index in [4.69, 9.17) is 4.74 Å². The molecule has 0 unspecified atom stereocenters. The summed E-state index contributed by atoms with van der Waals surface area (Å²) >= 11 is 0. The van der Waals surface area contributed by atoms with Crippen LogP contribution in [0.4, 0.5) is 8.78 Å². The van der Waals surface area contributed by atoms with E-state index in [1.165, 1.54) is 24.5 Å². The summed E-state index contributed by atoms with van der Waals surface area (Å²) in [5, 5.41) is 0.857. The highest BCUT2D eigenvalue weighted by Crippen LogP contribution is 2.33. The number of fused-ring (bicyclic) bond motifs is 1. The highest BCUT2D eigenvalue weighted by Gasteiger charge is 2.15. The Labute approximate surface area is 159 Å². The van der Waals surface area contributed by atoms with E-state index in [9.17, 15) is 8.78 Å². The first-order valence-electron chi connectivity index (χ1n) is 9.38. The molecule has 0 N–H and O–H groups in total. The molecule has 0 heterocycles. The van der Waals surface area contributed by atoms with Gasteiger partial charge in [-0.15, -0.1) is 0 Å². The second-order valence-corrected chi connectivity index (χ2v) is 6.69. The number of hydrogen-bond donors (Lipinski definition) is 0. The average molecular weight is 366 g/mol. The molecule has 0 aromatic heterocycles. The summed E-state index contributed by atoms with van der Waals surface area (Å²) in [4.78, 5) is 0. The van der Waals surface area contributed by atoms with Crippen LogP contribution in [0.1, 0.15) is 31.7 Å². The fraction of sp³-hybridized carbons (Fsp3) is 0.250. The van der Waals surface area contributed by atoms with Gasteiger partial charge in [0, 0.05) is 10.9 Å². The molecule has 27 heavy (non-hydrogen) atoms. The van der Waals surface area contributed by atoms with Crippen LogP contribution in [0.2, 0.25) is 0 Å². The highest BCUT2D eigenvalue weighted by atomic mass is 19.2. The number of rotatable bonds is 8. The van der Waals surface area contributed by atoms with Crippen molar-refractivity contribution < 1.29 is 13.5 Å². The Morgan fingerprint density at radius 2 is 1.74 bits per heavy atom. The van der Waals surface area contributed by atoms with E-state index in [1.807, 2.05) is 24.3 Å². The van der Waals surface area contributed by atoms with Crippen molar-refractivity contribution in [1.82, 2.24) is 0 Å². The van der Waals surface area contributed by atoms with Gasteiger partial charge >= 0.3 is 0 Å². The van der Waals surface area contributed by atoms with E-state index in [0.29, 0.717) is 23.3 Å². The summed E-state index contributed by atoms with van der Waals surface area (Å²) < 4.78 is 34.8. The normalized spacial score (nSPS) is 10.9. The van der Waals surface area contributed by atoms with E-state index in [-0.39, 0.29) is 10.9 Å². The van der Waals surface area contributed by atoms with E-state index >= 15 is 0 Å². The first-order valence-corrected chi connectivity index (χ1v) is 9.38. The van der Waals surface area contributed by atoms with Crippen molar-refractivity contribution in [3.63, 3.8) is 0 Å². The van der Waals surface area contributed by atoms with Crippen LogP contribution in [0.15, 0.2) is 61.2 Å². The standard InChI is InChI=1S/C24H24F2O/c1-3-5-6-7-17-8-10-18(11-9-17)21-15-19-12-13-20(27-14-4-2)16-22(19)24(26)23(21)25/h4,8-13,15-16H,2-3,5-7,14H2,1H3. The fourth-order valence-electron chi connectivity index (χ4n) is 3.19. The van der Waals surface area contributed by atoms with Gasteiger partial charge < -0.3 is 4.74 Å². The molecule has 0 atom stereocenters. The molecule has 3 aromatic carbocycles. The third-order valence-electron chi connectivity index (χ3n) is 4.69. The Morgan fingerprint density at radius 1 is 0.963 bits per heavy atom. The molecule has 1 nitrogen and oxygen atoms in total. The molecule has 0 aliphatic carbocycles. The predicted molar refractivity (Wildman–Crippen MR) is 108 cm³/mol. The number of halogens is 2. The van der Waals surface area contributed by atoms with Crippen LogP contribution in [0, 0.1) is 11.6 Å². The maximum atomic E-state index is 14.7. The van der Waals surface area contributed by atoms with E-state index in [1.54, 1.807) is 24.3 Å². The molecule has 3 aromatic rings. The summed E-state index contributed by atoms with van der Waals surface area (Å²) in [6, 6.07) is 14.5. The number of unbranched alkanes of at least 4 members (excludes halogenated alkanes) is 2. The zero-order chi connectivity index (χ0) is 19.2. The minimum Gasteiger partial charge on any atom is -0.490 e. The average Bonchev–Trinajstić information content (AvgIpc) is 2.70. The quantitative estimate of drug-likeness (QED) is 0.306. The number of benzene rings is 3. The Balaban J connectivity index is 1.92. The van der Waals surface area contributed by atoms with Crippen LogP contribution in [-0.4, -0.2) is 6.61 Å². The highest BCUT2D eigenvalue weighted by molar-refractivity contribution is 5.89. The lowest BCUT2D eigenvalue weighted by molar-refractivity contribution is 0.363. The molecule has 0 aliphatic heterocycles. The Bertz CT molecular complexity index is 929. The minimum atomic E-state index is -0.849. The summed E-state index contributed by atoms with van der Waals surface area (Å²) in [6.45, 7) is 6.08. The van der Waals surface area contributed by atoms with Crippen molar-refractivity contribution in [2.45, 2.75) is 32.6 Å². The Kier molecular flexibility index (Phi) is 6.23. The van der Waals surface area contributed by atoms with Crippen LogP contribution in [0.25, 0.3) is 21.9 Å². The van der Waals surface area contributed by atoms with Gasteiger partial charge in [-0.25, -0.2) is 8.78 Å². The van der Waals surface area contributed by atoms with Crippen LogP contribution < -0.4 is 4.74 Å². The van der Waals surface area contributed by atoms with Gasteiger partial charge in [0.05, 0.1) is 0 Å². The largest absolute Gasteiger partial charge is 0.490 e. The number of hydrogen-bond acceptors (Lipinski definition) is 1. The van der Waals surface area contributed by atoms with Crippen LogP contribution >= 0.6 is 0 Å². The van der Waals surface area contributed by atoms with Gasteiger partial charge in [-0.05, 0) is 47.6 Å². The molecule has 0 fully saturated rings. The second-order valence-electron chi connectivity index (χ2n) is 6.69. The zero-order valence-corrected chi connectivity index (χ0v) is 15.6. The molecule has 0 amide bonds. The van der Waals surface area contributed by atoms with Crippen LogP contribution in [0.3, 0.4) is 0 Å². The Morgan fingerprint density at radius 3 is 2.44 bits per heavy atom. The monoisotopic (exact) mass is 366 g/mol. The molecule has 0 bridgehead atoms. The van der Waals surface area contributed by atoms with Crippen molar-refractivity contribution in [2.24, 2.45) is 0 Å². The summed E-state index contributed by atoms with van der Waals surface area (Å²) in [7, 11) is 0. The van der Waals surface area contributed by atoms with E-state index < -0.39 is 11.6 Å². The molecule has 3 rings (SSSR count). The van der Waals surface area contributed by atoms with Gasteiger partial charge in [-0.3, -0.25) is 0 Å². The summed E-state index contributed by atoms with van der Waals surface area (Å²) in [6.07, 6.45) is 6.14. The van der Waals surface area contributed by atoms with Crippen molar-refractivity contribution >= 4 is 10.8 Å². The predicted octanol–water partition coefficient (Wildman–Crippen LogP) is 7.08. The third kappa shape index (κ3) is 4.36. The minimum absolute atomic E-state index is 0.217. The van der Waals surface area contributed by atoms with Gasteiger partial charge in [-0.1, -0.05) is 62.8 Å². The SMILES string of the molecule is C=CCOc1ccc2cc(-c3ccc(CCCCC)cc3)c(F)c(F)c2c1. The van der Waals surface area contributed by atoms with E-state index in [0.717, 1.165) is 12.8 Å². The number of aryl methyl sites for hydroxylation is 1. The van der Waals surface area contributed by atoms with Gasteiger partial charge in [0.25, 0.3) is 0 Å². The number of ether oxygens (including phenoxy) is 1. The Hall–Kier alpha value is -2.68. The summed E-state index contributed by atoms with van der Waals surface area (Å²) in [5.41, 5.74) is 2.18. The van der Waals surface area contributed by atoms with Crippen molar-refractivity contribution in [1.29, 1.82) is 0 Å². The maximum Gasteiger partial charge on any atom is 0.167 e. The van der Waals surface area contributed by atoms with Crippen LogP contribution in [-0.2, 0) is 6.42 Å². The van der Waals surface area contributed by atoms with Gasteiger partial charge in [-0.2, -0.15) is 0 Å². The first-order chi connectivity index (χ1) is 13.1. The fourth-order valence-corrected chi connectivity index (χ4v) is 3.19. The lowest BCUT2D eigenvalue weighted by Gasteiger charge is -2.11. The van der Waals surface area contributed by atoms with Crippen LogP contribution in [0.5, 0.6) is 5.75 Å². The maximum absolute atomic E-state index is 14.7. The third-order valence-corrected chi connectivity index (χ3v) is 4.69. The molecule has 0 radical (unpaired) electrons. The second kappa shape index (κ2) is 8.81. The lowest BCUT2D eigenvalue weighted by atomic mass is 9.98.